The van der Waals surface area contributed by atoms with Crippen molar-refractivity contribution in [3.63, 3.8) is 0 Å². The number of aryl methyl sites for hydroxylation is 1. The standard InChI is InChI=1S/C26H29ClFN5O2/c1-3-8-32-17-5-6-18(32)11-19(10-17)35-24-9-16(28)4-7-20(24)26(34)31-13-21-23(14-31)30-33-15(2)22(27)12-29-25(21)33/h4,7,9,12,17-19H,3,5-6,8,10-11,13-14H2,1-2H3/t17-,18+,19?. The molecule has 5 heterocycles. The van der Waals surface area contributed by atoms with E-state index in [1.54, 1.807) is 21.7 Å². The van der Waals surface area contributed by atoms with E-state index in [1.165, 1.54) is 25.0 Å². The Morgan fingerprint density at radius 3 is 2.74 bits per heavy atom. The Hall–Kier alpha value is -2.71. The van der Waals surface area contributed by atoms with Gasteiger partial charge in [0.05, 0.1) is 35.1 Å². The predicted octanol–water partition coefficient (Wildman–Crippen LogP) is 4.77. The Morgan fingerprint density at radius 2 is 2.00 bits per heavy atom. The van der Waals surface area contributed by atoms with Gasteiger partial charge in [-0.2, -0.15) is 5.10 Å². The van der Waals surface area contributed by atoms with Crippen LogP contribution in [0.25, 0.3) is 5.65 Å². The molecule has 2 aromatic heterocycles. The molecule has 1 aromatic carbocycles. The van der Waals surface area contributed by atoms with Gasteiger partial charge in [-0.3, -0.25) is 9.69 Å². The smallest absolute Gasteiger partial charge is 0.258 e. The van der Waals surface area contributed by atoms with Crippen LogP contribution >= 0.6 is 11.6 Å². The highest BCUT2D eigenvalue weighted by Crippen LogP contribution is 2.38. The molecule has 0 saturated carbocycles. The molecule has 2 fully saturated rings. The molecule has 1 amide bonds. The van der Waals surface area contributed by atoms with Crippen molar-refractivity contribution in [2.45, 2.75) is 77.2 Å². The van der Waals surface area contributed by atoms with Gasteiger partial charge in [-0.25, -0.2) is 13.9 Å². The summed E-state index contributed by atoms with van der Waals surface area (Å²) in [6.45, 7) is 5.98. The molecule has 184 valence electrons. The molecule has 3 aromatic rings. The summed E-state index contributed by atoms with van der Waals surface area (Å²) in [7, 11) is 0. The molecule has 7 nitrogen and oxygen atoms in total. The molecule has 0 spiro atoms. The fourth-order valence-corrected chi connectivity index (χ4v) is 6.22. The molecule has 0 radical (unpaired) electrons. The number of ether oxygens (including phenoxy) is 1. The van der Waals surface area contributed by atoms with Crippen LogP contribution in [0.2, 0.25) is 5.02 Å². The second-order valence-corrected chi connectivity index (χ2v) is 10.4. The molecule has 2 bridgehead atoms. The Morgan fingerprint density at radius 1 is 1.23 bits per heavy atom. The van der Waals surface area contributed by atoms with Crippen LogP contribution in [0.5, 0.6) is 5.75 Å². The number of fused-ring (bicyclic) bond motifs is 5. The van der Waals surface area contributed by atoms with Crippen LogP contribution in [-0.2, 0) is 13.1 Å². The Labute approximate surface area is 208 Å². The largest absolute Gasteiger partial charge is 0.489 e. The van der Waals surface area contributed by atoms with E-state index in [9.17, 15) is 9.18 Å². The van der Waals surface area contributed by atoms with Crippen molar-refractivity contribution in [3.8, 4) is 5.75 Å². The number of carbonyl (C=O) groups excluding carboxylic acids is 1. The summed E-state index contributed by atoms with van der Waals surface area (Å²) in [5, 5.41) is 5.19. The number of amides is 1. The van der Waals surface area contributed by atoms with Gasteiger partial charge in [-0.1, -0.05) is 18.5 Å². The average Bonchev–Trinajstić information content (AvgIpc) is 3.46. The first-order valence-electron chi connectivity index (χ1n) is 12.5. The van der Waals surface area contributed by atoms with Gasteiger partial charge in [0.15, 0.2) is 5.65 Å². The third-order valence-corrected chi connectivity index (χ3v) is 8.14. The second kappa shape index (κ2) is 8.75. The lowest BCUT2D eigenvalue weighted by molar-refractivity contribution is 0.0479. The maximum absolute atomic E-state index is 14.2. The van der Waals surface area contributed by atoms with Crippen molar-refractivity contribution in [3.05, 3.63) is 57.8 Å². The zero-order valence-electron chi connectivity index (χ0n) is 20.0. The summed E-state index contributed by atoms with van der Waals surface area (Å²) in [5.41, 5.74) is 3.64. The van der Waals surface area contributed by atoms with Crippen LogP contribution < -0.4 is 4.74 Å². The number of halogens is 2. The molecule has 2 saturated heterocycles. The van der Waals surface area contributed by atoms with Gasteiger partial charge >= 0.3 is 0 Å². The zero-order chi connectivity index (χ0) is 24.3. The number of nitrogens with zero attached hydrogens (tertiary/aromatic N) is 5. The quantitative estimate of drug-likeness (QED) is 0.508. The summed E-state index contributed by atoms with van der Waals surface area (Å²) in [4.78, 5) is 22.3. The van der Waals surface area contributed by atoms with Crippen molar-refractivity contribution in [2.24, 2.45) is 0 Å². The van der Waals surface area contributed by atoms with Crippen molar-refractivity contribution in [1.82, 2.24) is 24.4 Å². The van der Waals surface area contributed by atoms with Crippen molar-refractivity contribution in [2.75, 3.05) is 6.54 Å². The van der Waals surface area contributed by atoms with E-state index in [0.717, 1.165) is 42.8 Å². The van der Waals surface area contributed by atoms with Gasteiger partial charge < -0.3 is 9.64 Å². The SMILES string of the molecule is CCCN1[C@@H]2CC[C@H]1CC(Oc1cc(F)ccc1C(=O)N1Cc3nn4c(C)c(Cl)cnc4c3C1)C2. The van der Waals surface area contributed by atoms with Crippen LogP contribution in [0.1, 0.15) is 66.3 Å². The Bertz CT molecular complexity index is 1300. The normalized spacial score (nSPS) is 23.8. The van der Waals surface area contributed by atoms with E-state index in [4.69, 9.17) is 16.3 Å². The monoisotopic (exact) mass is 497 g/mol. The highest BCUT2D eigenvalue weighted by atomic mass is 35.5. The second-order valence-electron chi connectivity index (χ2n) is 9.99. The topological polar surface area (TPSA) is 63.0 Å². The van der Waals surface area contributed by atoms with E-state index >= 15 is 0 Å². The molecule has 35 heavy (non-hydrogen) atoms. The minimum Gasteiger partial charge on any atom is -0.489 e. The van der Waals surface area contributed by atoms with Gasteiger partial charge in [-0.15, -0.1) is 0 Å². The third-order valence-electron chi connectivity index (χ3n) is 7.77. The summed E-state index contributed by atoms with van der Waals surface area (Å²) >= 11 is 6.19. The van der Waals surface area contributed by atoms with Crippen LogP contribution in [0.15, 0.2) is 24.4 Å². The molecule has 3 atom stereocenters. The van der Waals surface area contributed by atoms with Crippen molar-refractivity contribution in [1.29, 1.82) is 0 Å². The van der Waals surface area contributed by atoms with Gasteiger partial charge in [0, 0.05) is 29.9 Å². The summed E-state index contributed by atoms with van der Waals surface area (Å²) in [6, 6.07) is 5.25. The number of rotatable bonds is 5. The molecule has 0 N–H and O–H groups in total. The minimum atomic E-state index is -0.401. The average molecular weight is 498 g/mol. The molecule has 6 rings (SSSR count). The maximum Gasteiger partial charge on any atom is 0.258 e. The number of benzene rings is 1. The lowest BCUT2D eigenvalue weighted by Crippen LogP contribution is -2.46. The van der Waals surface area contributed by atoms with Crippen LogP contribution in [0, 0.1) is 12.7 Å². The number of piperidine rings is 1. The molecule has 3 aliphatic rings. The summed E-state index contributed by atoms with van der Waals surface area (Å²) in [6.07, 6.45) is 6.96. The van der Waals surface area contributed by atoms with E-state index in [-0.39, 0.29) is 12.0 Å². The highest BCUT2D eigenvalue weighted by Gasteiger charge is 2.41. The fourth-order valence-electron chi connectivity index (χ4n) is 6.09. The van der Waals surface area contributed by atoms with Gasteiger partial charge in [-0.05, 0) is 57.7 Å². The number of hydrogen-bond acceptors (Lipinski definition) is 5. The molecular formula is C26H29ClFN5O2. The molecule has 0 aliphatic carbocycles. The first-order chi connectivity index (χ1) is 16.9. The Kier molecular flexibility index (Phi) is 5.68. The zero-order valence-corrected chi connectivity index (χ0v) is 20.8. The van der Waals surface area contributed by atoms with Gasteiger partial charge in [0.25, 0.3) is 5.91 Å². The maximum atomic E-state index is 14.2. The van der Waals surface area contributed by atoms with E-state index in [2.05, 4.69) is 21.9 Å². The van der Waals surface area contributed by atoms with Crippen molar-refractivity contribution < 1.29 is 13.9 Å². The predicted molar refractivity (Wildman–Crippen MR) is 130 cm³/mol. The van der Waals surface area contributed by atoms with Gasteiger partial charge in [0.1, 0.15) is 17.7 Å². The number of aromatic nitrogens is 3. The first-order valence-corrected chi connectivity index (χ1v) is 12.8. The van der Waals surface area contributed by atoms with Crippen LogP contribution in [-0.4, -0.2) is 55.0 Å². The van der Waals surface area contributed by atoms with Gasteiger partial charge in [0.2, 0.25) is 0 Å². The highest BCUT2D eigenvalue weighted by molar-refractivity contribution is 6.31. The first kappa shape index (κ1) is 22.7. The fraction of sp³-hybridized carbons (Fsp3) is 0.500. The summed E-state index contributed by atoms with van der Waals surface area (Å²) < 4.78 is 22.3. The third kappa shape index (κ3) is 3.87. The molecule has 9 heteroatoms. The number of carbonyl (C=O) groups is 1. The summed E-state index contributed by atoms with van der Waals surface area (Å²) in [5.74, 6) is -0.252. The molecule has 1 unspecified atom stereocenters. The lowest BCUT2D eigenvalue weighted by Gasteiger charge is -2.39. The minimum absolute atomic E-state index is 0.00846. The number of hydrogen-bond donors (Lipinski definition) is 0. The van der Waals surface area contributed by atoms with Crippen LogP contribution in [0.4, 0.5) is 4.39 Å². The molecule has 3 aliphatic heterocycles. The van der Waals surface area contributed by atoms with Crippen LogP contribution in [0.3, 0.4) is 0 Å². The van der Waals surface area contributed by atoms with E-state index in [0.29, 0.717) is 47.2 Å². The van der Waals surface area contributed by atoms with Crippen molar-refractivity contribution >= 4 is 23.2 Å². The molecular weight excluding hydrogens is 469 g/mol. The van der Waals surface area contributed by atoms with E-state index in [1.807, 2.05) is 6.92 Å². The Balaban J connectivity index is 1.22. The lowest BCUT2D eigenvalue weighted by atomic mass is 9.99. The van der Waals surface area contributed by atoms with E-state index < -0.39 is 5.82 Å².